The normalized spacial score (nSPS) is 19.8. The second-order valence-electron chi connectivity index (χ2n) is 5.88. The first-order valence-corrected chi connectivity index (χ1v) is 7.92. The molecule has 0 saturated carbocycles. The Morgan fingerprint density at radius 2 is 2.19 bits per heavy atom. The largest absolute Gasteiger partial charge is 0.480 e. The quantitative estimate of drug-likeness (QED) is 0.674. The number of amides is 2. The number of rotatable bonds is 6. The summed E-state index contributed by atoms with van der Waals surface area (Å²) in [5.74, 6) is -0.224. The number of thioether (sulfide) groups is 1. The molecule has 8 heteroatoms. The Kier molecular flexibility index (Phi) is 6.32. The Morgan fingerprint density at radius 1 is 1.52 bits per heavy atom. The Morgan fingerprint density at radius 3 is 2.67 bits per heavy atom. The smallest absolute Gasteiger partial charge is 0.408 e. The SMILES string of the molecule is CC(C)(C)OC(=O)NC(CSCC1CCC(=O)N1)C(=O)O. The highest BCUT2D eigenvalue weighted by Gasteiger charge is 2.25. The van der Waals surface area contributed by atoms with E-state index in [-0.39, 0.29) is 17.7 Å². The Balaban J connectivity index is 2.34. The molecule has 2 amide bonds. The molecule has 0 aromatic heterocycles. The van der Waals surface area contributed by atoms with Crippen molar-refractivity contribution in [3.05, 3.63) is 0 Å². The number of ether oxygens (including phenoxy) is 1. The van der Waals surface area contributed by atoms with Crippen LogP contribution in [0.4, 0.5) is 4.79 Å². The average molecular weight is 318 g/mol. The maximum absolute atomic E-state index is 11.6. The van der Waals surface area contributed by atoms with E-state index in [0.29, 0.717) is 12.2 Å². The van der Waals surface area contributed by atoms with Gasteiger partial charge in [0.15, 0.2) is 0 Å². The van der Waals surface area contributed by atoms with Gasteiger partial charge in [0.25, 0.3) is 0 Å². The van der Waals surface area contributed by atoms with Crippen molar-refractivity contribution < 1.29 is 24.2 Å². The van der Waals surface area contributed by atoms with Gasteiger partial charge in [-0.1, -0.05) is 0 Å². The van der Waals surface area contributed by atoms with Crippen LogP contribution >= 0.6 is 11.8 Å². The van der Waals surface area contributed by atoms with Crippen molar-refractivity contribution in [1.82, 2.24) is 10.6 Å². The minimum Gasteiger partial charge on any atom is -0.480 e. The molecule has 0 bridgehead atoms. The van der Waals surface area contributed by atoms with E-state index in [1.165, 1.54) is 11.8 Å². The summed E-state index contributed by atoms with van der Waals surface area (Å²) in [7, 11) is 0. The predicted molar refractivity (Wildman–Crippen MR) is 79.3 cm³/mol. The summed E-state index contributed by atoms with van der Waals surface area (Å²) in [5.41, 5.74) is -0.672. The van der Waals surface area contributed by atoms with Crippen LogP contribution in [0.5, 0.6) is 0 Å². The van der Waals surface area contributed by atoms with Gasteiger partial charge < -0.3 is 20.5 Å². The third-order valence-electron chi connectivity index (χ3n) is 2.68. The van der Waals surface area contributed by atoms with Crippen LogP contribution in [0.15, 0.2) is 0 Å². The summed E-state index contributed by atoms with van der Waals surface area (Å²) >= 11 is 1.38. The monoisotopic (exact) mass is 318 g/mol. The van der Waals surface area contributed by atoms with E-state index >= 15 is 0 Å². The fourth-order valence-electron chi connectivity index (χ4n) is 1.75. The van der Waals surface area contributed by atoms with Crippen LogP contribution in [-0.4, -0.2) is 52.3 Å². The molecule has 3 N–H and O–H groups in total. The van der Waals surface area contributed by atoms with E-state index in [1.807, 2.05) is 0 Å². The average Bonchev–Trinajstić information content (AvgIpc) is 2.71. The van der Waals surface area contributed by atoms with Gasteiger partial charge in [-0.05, 0) is 27.2 Å². The molecular formula is C13H22N2O5S. The van der Waals surface area contributed by atoms with Gasteiger partial charge in [-0.3, -0.25) is 4.79 Å². The minimum absolute atomic E-state index is 0.0299. The molecule has 2 atom stereocenters. The number of carboxylic acids is 1. The molecular weight excluding hydrogens is 296 g/mol. The summed E-state index contributed by atoms with van der Waals surface area (Å²) < 4.78 is 5.03. The van der Waals surface area contributed by atoms with Crippen LogP contribution in [0.25, 0.3) is 0 Å². The zero-order chi connectivity index (χ0) is 16.0. The standard InChI is InChI=1S/C13H22N2O5S/c1-13(2,3)20-12(19)15-9(11(17)18)7-21-6-8-4-5-10(16)14-8/h8-9H,4-7H2,1-3H3,(H,14,16)(H,15,19)(H,17,18). The zero-order valence-corrected chi connectivity index (χ0v) is 13.3. The van der Waals surface area contributed by atoms with Crippen LogP contribution in [0.1, 0.15) is 33.6 Å². The molecule has 0 aromatic rings. The lowest BCUT2D eigenvalue weighted by Crippen LogP contribution is -2.45. The molecule has 21 heavy (non-hydrogen) atoms. The van der Waals surface area contributed by atoms with Gasteiger partial charge in [0.05, 0.1) is 0 Å². The first kappa shape index (κ1) is 17.6. The molecule has 1 saturated heterocycles. The molecule has 0 spiro atoms. The molecule has 1 aliphatic rings. The molecule has 0 aliphatic carbocycles. The third kappa shape index (κ3) is 7.22. The number of alkyl carbamates (subject to hydrolysis) is 1. The van der Waals surface area contributed by atoms with Crippen LogP contribution in [0, 0.1) is 0 Å². The number of nitrogens with one attached hydrogen (secondary N) is 2. The third-order valence-corrected chi connectivity index (χ3v) is 3.88. The van der Waals surface area contributed by atoms with Crippen molar-refractivity contribution in [2.75, 3.05) is 11.5 Å². The summed E-state index contributed by atoms with van der Waals surface area (Å²) in [4.78, 5) is 33.7. The fourth-order valence-corrected chi connectivity index (χ4v) is 2.89. The molecule has 120 valence electrons. The number of hydrogen-bond donors (Lipinski definition) is 3. The fraction of sp³-hybridized carbons (Fsp3) is 0.769. The maximum atomic E-state index is 11.6. The lowest BCUT2D eigenvalue weighted by Gasteiger charge is -2.22. The zero-order valence-electron chi connectivity index (χ0n) is 12.5. The first-order chi connectivity index (χ1) is 9.67. The Hall–Kier alpha value is -1.44. The van der Waals surface area contributed by atoms with Crippen LogP contribution in [0.2, 0.25) is 0 Å². The topological polar surface area (TPSA) is 105 Å². The highest BCUT2D eigenvalue weighted by Crippen LogP contribution is 2.14. The molecule has 1 heterocycles. The number of hydrogen-bond acceptors (Lipinski definition) is 5. The second kappa shape index (κ2) is 7.53. The summed E-state index contributed by atoms with van der Waals surface area (Å²) in [6, 6.07) is -0.930. The van der Waals surface area contributed by atoms with Gasteiger partial charge in [-0.25, -0.2) is 9.59 Å². The Bertz CT molecular complexity index is 408. The molecule has 2 unspecified atom stereocenters. The van der Waals surface area contributed by atoms with Crippen molar-refractivity contribution >= 4 is 29.7 Å². The molecule has 0 radical (unpaired) electrons. The summed E-state index contributed by atoms with van der Waals surface area (Å²) in [6.07, 6.45) is 0.539. The lowest BCUT2D eigenvalue weighted by molar-refractivity contribution is -0.138. The van der Waals surface area contributed by atoms with Gasteiger partial charge >= 0.3 is 12.1 Å². The lowest BCUT2D eigenvalue weighted by atomic mass is 10.2. The van der Waals surface area contributed by atoms with E-state index in [0.717, 1.165) is 6.42 Å². The molecule has 1 fully saturated rings. The van der Waals surface area contributed by atoms with Crippen molar-refractivity contribution in [1.29, 1.82) is 0 Å². The van der Waals surface area contributed by atoms with Crippen molar-refractivity contribution in [2.45, 2.75) is 51.3 Å². The number of carboxylic acid groups (broad SMARTS) is 1. The minimum atomic E-state index is -1.11. The van der Waals surface area contributed by atoms with Gasteiger partial charge in [-0.15, -0.1) is 0 Å². The second-order valence-corrected chi connectivity index (χ2v) is 6.95. The maximum Gasteiger partial charge on any atom is 0.408 e. The highest BCUT2D eigenvalue weighted by molar-refractivity contribution is 7.99. The molecule has 7 nitrogen and oxygen atoms in total. The van der Waals surface area contributed by atoms with Crippen molar-refractivity contribution in [3.63, 3.8) is 0 Å². The predicted octanol–water partition coefficient (Wildman–Crippen LogP) is 0.976. The highest BCUT2D eigenvalue weighted by atomic mass is 32.2. The number of carbonyl (C=O) groups excluding carboxylic acids is 2. The Labute approximate surface area is 128 Å². The number of aliphatic carboxylic acids is 1. The van der Waals surface area contributed by atoms with E-state index < -0.39 is 23.7 Å². The van der Waals surface area contributed by atoms with Gasteiger partial charge in [0, 0.05) is 24.0 Å². The van der Waals surface area contributed by atoms with Gasteiger partial charge in [-0.2, -0.15) is 11.8 Å². The summed E-state index contributed by atoms with van der Waals surface area (Å²) in [6.45, 7) is 5.12. The van der Waals surface area contributed by atoms with Gasteiger partial charge in [0.1, 0.15) is 11.6 Å². The van der Waals surface area contributed by atoms with Crippen molar-refractivity contribution in [2.24, 2.45) is 0 Å². The molecule has 1 aliphatic heterocycles. The van der Waals surface area contributed by atoms with Crippen LogP contribution in [0.3, 0.4) is 0 Å². The van der Waals surface area contributed by atoms with Crippen molar-refractivity contribution in [3.8, 4) is 0 Å². The van der Waals surface area contributed by atoms with E-state index in [2.05, 4.69) is 10.6 Å². The molecule has 0 aromatic carbocycles. The first-order valence-electron chi connectivity index (χ1n) is 6.77. The van der Waals surface area contributed by atoms with Crippen LogP contribution < -0.4 is 10.6 Å². The summed E-state index contributed by atoms with van der Waals surface area (Å²) in [5, 5.41) is 14.2. The number of carbonyl (C=O) groups is 3. The van der Waals surface area contributed by atoms with Crippen LogP contribution in [-0.2, 0) is 14.3 Å². The van der Waals surface area contributed by atoms with E-state index in [9.17, 15) is 14.4 Å². The van der Waals surface area contributed by atoms with E-state index in [1.54, 1.807) is 20.8 Å². The van der Waals surface area contributed by atoms with E-state index in [4.69, 9.17) is 9.84 Å². The van der Waals surface area contributed by atoms with Gasteiger partial charge in [0.2, 0.25) is 5.91 Å². The molecule has 1 rings (SSSR count).